The van der Waals surface area contributed by atoms with Gasteiger partial charge in [0, 0.05) is 19.3 Å². The molecule has 1 aromatic heterocycles. The highest BCUT2D eigenvalue weighted by Crippen LogP contribution is 2.30. The number of rotatable bonds is 7. The lowest BCUT2D eigenvalue weighted by atomic mass is 10.3. The average molecular weight is 291 g/mol. The van der Waals surface area contributed by atoms with E-state index in [2.05, 4.69) is 4.98 Å². The first kappa shape index (κ1) is 15.3. The molecule has 1 aliphatic carbocycles. The largest absolute Gasteiger partial charge is 0.480 e. The lowest BCUT2D eigenvalue weighted by Crippen LogP contribution is -2.46. The Morgan fingerprint density at radius 3 is 2.62 bits per heavy atom. The van der Waals surface area contributed by atoms with Crippen molar-refractivity contribution in [2.45, 2.75) is 26.3 Å². The molecular weight excluding hydrogens is 270 g/mol. The number of pyridine rings is 1. The molecule has 1 saturated carbocycles. The predicted octanol–water partition coefficient (Wildman–Crippen LogP) is 1.82. The zero-order chi connectivity index (χ0) is 15.2. The van der Waals surface area contributed by atoms with E-state index in [1.54, 1.807) is 11.1 Å². The molecule has 21 heavy (non-hydrogen) atoms. The predicted molar refractivity (Wildman–Crippen MR) is 77.6 cm³/mol. The van der Waals surface area contributed by atoms with Crippen molar-refractivity contribution in [1.29, 1.82) is 0 Å². The highest BCUT2D eigenvalue weighted by atomic mass is 16.4. The Kier molecular flexibility index (Phi) is 5.14. The van der Waals surface area contributed by atoms with Crippen LogP contribution < -0.4 is 0 Å². The van der Waals surface area contributed by atoms with E-state index < -0.39 is 5.97 Å². The molecule has 1 N–H and O–H groups in total. The average Bonchev–Trinajstić information content (AvgIpc) is 3.28. The minimum Gasteiger partial charge on any atom is -0.480 e. The van der Waals surface area contributed by atoms with Gasteiger partial charge in [-0.1, -0.05) is 6.07 Å². The van der Waals surface area contributed by atoms with Crippen molar-refractivity contribution in [3.8, 4) is 0 Å². The lowest BCUT2D eigenvalue weighted by Gasteiger charge is -2.29. The van der Waals surface area contributed by atoms with Crippen molar-refractivity contribution in [1.82, 2.24) is 14.8 Å². The van der Waals surface area contributed by atoms with Gasteiger partial charge in [0.15, 0.2) is 0 Å². The molecule has 0 saturated heterocycles. The van der Waals surface area contributed by atoms with Gasteiger partial charge in [-0.3, -0.25) is 9.78 Å². The standard InChI is InChI=1S/C15H21N3O3/c1-2-17(10-13-5-3-4-8-16-13)15(21)18(11-14(19)20)9-12-6-7-12/h3-5,8,12H,2,6-7,9-11H2,1H3,(H,19,20). The summed E-state index contributed by atoms with van der Waals surface area (Å²) in [5.41, 5.74) is 0.800. The van der Waals surface area contributed by atoms with E-state index in [0.29, 0.717) is 25.6 Å². The molecule has 2 amide bonds. The third-order valence-corrected chi connectivity index (χ3v) is 3.50. The number of aromatic nitrogens is 1. The third kappa shape index (κ3) is 4.73. The number of carbonyl (C=O) groups excluding carboxylic acids is 1. The van der Waals surface area contributed by atoms with Crippen LogP contribution in [0, 0.1) is 5.92 Å². The number of aliphatic carboxylic acids is 1. The van der Waals surface area contributed by atoms with Gasteiger partial charge in [-0.2, -0.15) is 0 Å². The Labute approximate surface area is 124 Å². The molecule has 1 heterocycles. The minimum absolute atomic E-state index is 0.225. The Balaban J connectivity index is 2.02. The van der Waals surface area contributed by atoms with Crippen LogP contribution in [-0.2, 0) is 11.3 Å². The van der Waals surface area contributed by atoms with Gasteiger partial charge in [-0.25, -0.2) is 4.79 Å². The highest BCUT2D eigenvalue weighted by molar-refractivity contribution is 5.80. The molecular formula is C15H21N3O3. The van der Waals surface area contributed by atoms with Crippen LogP contribution in [0.3, 0.4) is 0 Å². The number of hydrogen-bond acceptors (Lipinski definition) is 3. The van der Waals surface area contributed by atoms with Gasteiger partial charge in [-0.05, 0) is 37.8 Å². The van der Waals surface area contributed by atoms with Gasteiger partial charge in [0.1, 0.15) is 6.54 Å². The van der Waals surface area contributed by atoms with Gasteiger partial charge in [-0.15, -0.1) is 0 Å². The van der Waals surface area contributed by atoms with Crippen molar-refractivity contribution in [2.75, 3.05) is 19.6 Å². The molecule has 0 spiro atoms. The normalized spacial score (nSPS) is 13.8. The summed E-state index contributed by atoms with van der Waals surface area (Å²) in [4.78, 5) is 30.8. The number of carboxylic acids is 1. The molecule has 0 radical (unpaired) electrons. The van der Waals surface area contributed by atoms with Crippen LogP contribution in [0.2, 0.25) is 0 Å². The van der Waals surface area contributed by atoms with E-state index in [4.69, 9.17) is 5.11 Å². The summed E-state index contributed by atoms with van der Waals surface area (Å²) in [6.07, 6.45) is 3.85. The molecule has 0 aromatic carbocycles. The lowest BCUT2D eigenvalue weighted by molar-refractivity contribution is -0.137. The molecule has 1 fully saturated rings. The summed E-state index contributed by atoms with van der Waals surface area (Å²) in [5.74, 6) is -0.514. The zero-order valence-corrected chi connectivity index (χ0v) is 12.2. The second kappa shape index (κ2) is 7.06. The summed E-state index contributed by atoms with van der Waals surface area (Å²) in [7, 11) is 0. The molecule has 0 atom stereocenters. The van der Waals surface area contributed by atoms with Crippen LogP contribution in [0.1, 0.15) is 25.5 Å². The van der Waals surface area contributed by atoms with Crippen LogP contribution in [0.5, 0.6) is 0 Å². The molecule has 6 nitrogen and oxygen atoms in total. The van der Waals surface area contributed by atoms with Crippen molar-refractivity contribution >= 4 is 12.0 Å². The molecule has 0 unspecified atom stereocenters. The van der Waals surface area contributed by atoms with Crippen molar-refractivity contribution in [3.05, 3.63) is 30.1 Å². The number of carboxylic acid groups (broad SMARTS) is 1. The Morgan fingerprint density at radius 1 is 1.33 bits per heavy atom. The minimum atomic E-state index is -0.974. The monoisotopic (exact) mass is 291 g/mol. The Morgan fingerprint density at radius 2 is 2.10 bits per heavy atom. The zero-order valence-electron chi connectivity index (χ0n) is 12.2. The van der Waals surface area contributed by atoms with E-state index in [1.165, 1.54) is 4.90 Å². The summed E-state index contributed by atoms with van der Waals surface area (Å²) < 4.78 is 0. The maximum Gasteiger partial charge on any atom is 0.323 e. The Bertz CT molecular complexity index is 488. The fourth-order valence-corrected chi connectivity index (χ4v) is 2.19. The van der Waals surface area contributed by atoms with Crippen LogP contribution >= 0.6 is 0 Å². The first-order valence-electron chi connectivity index (χ1n) is 7.25. The second-order valence-corrected chi connectivity index (χ2v) is 5.34. The van der Waals surface area contributed by atoms with Crippen LogP contribution in [0.25, 0.3) is 0 Å². The fraction of sp³-hybridized carbons (Fsp3) is 0.533. The number of amides is 2. The topological polar surface area (TPSA) is 73.7 Å². The van der Waals surface area contributed by atoms with E-state index in [-0.39, 0.29) is 12.6 Å². The van der Waals surface area contributed by atoms with E-state index in [9.17, 15) is 9.59 Å². The van der Waals surface area contributed by atoms with Gasteiger partial charge in [0.2, 0.25) is 0 Å². The fourth-order valence-electron chi connectivity index (χ4n) is 2.19. The Hall–Kier alpha value is -2.11. The quantitative estimate of drug-likeness (QED) is 0.831. The molecule has 2 rings (SSSR count). The summed E-state index contributed by atoms with van der Waals surface area (Å²) >= 11 is 0. The van der Waals surface area contributed by atoms with Crippen molar-refractivity contribution in [2.24, 2.45) is 5.92 Å². The summed E-state index contributed by atoms with van der Waals surface area (Å²) in [6, 6.07) is 5.33. The number of urea groups is 1. The molecule has 0 aliphatic heterocycles. The summed E-state index contributed by atoms with van der Waals surface area (Å²) in [5, 5.41) is 8.99. The van der Waals surface area contributed by atoms with Gasteiger partial charge in [0.05, 0.1) is 12.2 Å². The maximum absolute atomic E-state index is 12.5. The number of carbonyl (C=O) groups is 2. The molecule has 1 aromatic rings. The first-order chi connectivity index (χ1) is 10.1. The van der Waals surface area contributed by atoms with E-state index >= 15 is 0 Å². The maximum atomic E-state index is 12.5. The van der Waals surface area contributed by atoms with Crippen LogP contribution in [0.4, 0.5) is 4.79 Å². The summed E-state index contributed by atoms with van der Waals surface area (Å²) in [6.45, 7) is 3.10. The van der Waals surface area contributed by atoms with Gasteiger partial charge >= 0.3 is 12.0 Å². The molecule has 0 bridgehead atoms. The number of nitrogens with zero attached hydrogens (tertiary/aromatic N) is 3. The van der Waals surface area contributed by atoms with Gasteiger partial charge in [0.25, 0.3) is 0 Å². The smallest absolute Gasteiger partial charge is 0.323 e. The van der Waals surface area contributed by atoms with Crippen molar-refractivity contribution < 1.29 is 14.7 Å². The van der Waals surface area contributed by atoms with E-state index in [1.807, 2.05) is 25.1 Å². The molecule has 6 heteroatoms. The third-order valence-electron chi connectivity index (χ3n) is 3.50. The van der Waals surface area contributed by atoms with Crippen molar-refractivity contribution in [3.63, 3.8) is 0 Å². The van der Waals surface area contributed by atoms with Crippen LogP contribution in [0.15, 0.2) is 24.4 Å². The second-order valence-electron chi connectivity index (χ2n) is 5.34. The number of hydrogen-bond donors (Lipinski definition) is 1. The molecule has 114 valence electrons. The first-order valence-corrected chi connectivity index (χ1v) is 7.25. The van der Waals surface area contributed by atoms with E-state index in [0.717, 1.165) is 18.5 Å². The van der Waals surface area contributed by atoms with Gasteiger partial charge < -0.3 is 14.9 Å². The SMILES string of the molecule is CCN(Cc1ccccn1)C(=O)N(CC(=O)O)CC1CC1. The molecule has 1 aliphatic rings. The van der Waals surface area contributed by atoms with Crippen LogP contribution in [-0.4, -0.2) is 51.5 Å². The highest BCUT2D eigenvalue weighted by Gasteiger charge is 2.30.